The topological polar surface area (TPSA) is 54.0 Å². The SMILES string of the molecule is C=C(C[Si](OCCCC)(OCCCC)OCCCC)C(=O)OCCC. The van der Waals surface area contributed by atoms with Crippen molar-refractivity contribution in [3.63, 3.8) is 0 Å². The van der Waals surface area contributed by atoms with Crippen molar-refractivity contribution >= 4 is 14.8 Å². The molecule has 0 amide bonds. The molecule has 0 aliphatic carbocycles. The van der Waals surface area contributed by atoms with Gasteiger partial charge in [-0.1, -0.05) is 53.5 Å². The van der Waals surface area contributed by atoms with Gasteiger partial charge >= 0.3 is 14.8 Å². The van der Waals surface area contributed by atoms with Gasteiger partial charge in [0, 0.05) is 31.4 Å². The summed E-state index contributed by atoms with van der Waals surface area (Å²) in [5.74, 6) is -0.379. The fourth-order valence-electron chi connectivity index (χ4n) is 2.02. The molecule has 0 fully saturated rings. The molecule has 0 bridgehead atoms. The molecule has 0 aliphatic heterocycles. The van der Waals surface area contributed by atoms with Gasteiger partial charge in [-0.25, -0.2) is 4.79 Å². The van der Waals surface area contributed by atoms with Crippen LogP contribution in [0.5, 0.6) is 0 Å². The Bertz CT molecular complexity index is 333. The molecule has 0 radical (unpaired) electrons. The van der Waals surface area contributed by atoms with Crippen LogP contribution in [0.3, 0.4) is 0 Å². The van der Waals surface area contributed by atoms with E-state index in [1.165, 1.54) is 0 Å². The van der Waals surface area contributed by atoms with Gasteiger partial charge in [-0.05, 0) is 25.7 Å². The number of esters is 1. The van der Waals surface area contributed by atoms with E-state index in [-0.39, 0.29) is 5.97 Å². The highest BCUT2D eigenvalue weighted by Crippen LogP contribution is 2.23. The Balaban J connectivity index is 5.02. The lowest BCUT2D eigenvalue weighted by Crippen LogP contribution is -2.47. The van der Waals surface area contributed by atoms with E-state index in [1.54, 1.807) is 0 Å². The third-order valence-corrected chi connectivity index (χ3v) is 6.41. The van der Waals surface area contributed by atoms with Crippen LogP contribution in [0.2, 0.25) is 6.04 Å². The largest absolute Gasteiger partial charge is 0.505 e. The number of ether oxygens (including phenoxy) is 1. The first kappa shape index (κ1) is 24.3. The fourth-order valence-corrected chi connectivity index (χ4v) is 4.61. The molecule has 5 nitrogen and oxygen atoms in total. The first-order valence-corrected chi connectivity index (χ1v) is 11.7. The quantitative estimate of drug-likeness (QED) is 0.157. The summed E-state index contributed by atoms with van der Waals surface area (Å²) in [6.07, 6.45) is 6.71. The molecule has 0 aromatic carbocycles. The van der Waals surface area contributed by atoms with Crippen LogP contribution < -0.4 is 0 Å². The summed E-state index contributed by atoms with van der Waals surface area (Å²) in [6.45, 7) is 14.3. The molecule has 0 atom stereocenters. The molecular weight excluding hydrogens is 336 g/mol. The highest BCUT2D eigenvalue weighted by Gasteiger charge is 2.43. The maximum absolute atomic E-state index is 12.1. The molecule has 0 rings (SSSR count). The van der Waals surface area contributed by atoms with Gasteiger partial charge in [0.05, 0.1) is 6.61 Å². The monoisotopic (exact) mass is 374 g/mol. The molecule has 0 aromatic rings. The van der Waals surface area contributed by atoms with Gasteiger partial charge in [0.15, 0.2) is 0 Å². The zero-order valence-corrected chi connectivity index (χ0v) is 17.7. The average Bonchev–Trinajstić information content (AvgIpc) is 2.60. The van der Waals surface area contributed by atoms with Crippen molar-refractivity contribution in [1.82, 2.24) is 0 Å². The molecule has 6 heteroatoms. The van der Waals surface area contributed by atoms with E-state index < -0.39 is 8.80 Å². The molecule has 0 aromatic heterocycles. The van der Waals surface area contributed by atoms with Crippen LogP contribution >= 0.6 is 0 Å². The lowest BCUT2D eigenvalue weighted by Gasteiger charge is -2.30. The van der Waals surface area contributed by atoms with Gasteiger partial charge in [0.1, 0.15) is 0 Å². The van der Waals surface area contributed by atoms with Crippen molar-refractivity contribution in [2.45, 2.75) is 78.7 Å². The summed E-state index contributed by atoms with van der Waals surface area (Å²) < 4.78 is 23.5. The van der Waals surface area contributed by atoms with E-state index in [4.69, 9.17) is 18.0 Å². The Morgan fingerprint density at radius 1 is 0.760 bits per heavy atom. The summed E-state index contributed by atoms with van der Waals surface area (Å²) in [7, 11) is -2.97. The van der Waals surface area contributed by atoms with E-state index in [9.17, 15) is 4.79 Å². The first-order valence-electron chi connectivity index (χ1n) is 9.81. The molecule has 148 valence electrons. The Morgan fingerprint density at radius 2 is 1.20 bits per heavy atom. The number of hydrogen-bond donors (Lipinski definition) is 0. The predicted octanol–water partition coefficient (Wildman–Crippen LogP) is 4.88. The Labute approximate surface area is 155 Å². The minimum atomic E-state index is -2.97. The van der Waals surface area contributed by atoms with Crippen LogP contribution in [0.4, 0.5) is 0 Å². The zero-order valence-electron chi connectivity index (χ0n) is 16.7. The third kappa shape index (κ3) is 11.5. The summed E-state index contributed by atoms with van der Waals surface area (Å²) >= 11 is 0. The number of carbonyl (C=O) groups excluding carboxylic acids is 1. The van der Waals surface area contributed by atoms with Gasteiger partial charge in [-0.15, -0.1) is 0 Å². The molecule has 0 saturated heterocycles. The Morgan fingerprint density at radius 3 is 1.56 bits per heavy atom. The average molecular weight is 375 g/mol. The molecule has 0 aliphatic rings. The standard InChI is InChI=1S/C19H38O5Si/c1-6-10-14-22-25(23-15-11-7-2,24-16-12-8-3)17-18(5)19(20)21-13-9-4/h5-17H2,1-4H3. The minimum Gasteiger partial charge on any atom is -0.462 e. The second-order valence-corrected chi connectivity index (χ2v) is 8.79. The van der Waals surface area contributed by atoms with Crippen LogP contribution in [-0.2, 0) is 22.8 Å². The van der Waals surface area contributed by atoms with E-state index in [2.05, 4.69) is 27.4 Å². The van der Waals surface area contributed by atoms with Gasteiger partial charge in [-0.3, -0.25) is 0 Å². The summed E-state index contributed by atoms with van der Waals surface area (Å²) in [6, 6.07) is 0.298. The van der Waals surface area contributed by atoms with Gasteiger partial charge < -0.3 is 18.0 Å². The maximum Gasteiger partial charge on any atom is 0.505 e. The van der Waals surface area contributed by atoms with Crippen LogP contribution in [0, 0.1) is 0 Å². The van der Waals surface area contributed by atoms with Gasteiger partial charge in [-0.2, -0.15) is 0 Å². The second-order valence-electron chi connectivity index (χ2n) is 6.21. The minimum absolute atomic E-state index is 0.298. The van der Waals surface area contributed by atoms with Crippen molar-refractivity contribution in [1.29, 1.82) is 0 Å². The van der Waals surface area contributed by atoms with Crippen LogP contribution in [0.15, 0.2) is 12.2 Å². The van der Waals surface area contributed by atoms with E-state index in [1.807, 2.05) is 6.92 Å². The van der Waals surface area contributed by atoms with E-state index in [0.29, 0.717) is 38.0 Å². The lowest BCUT2D eigenvalue weighted by molar-refractivity contribution is -0.139. The van der Waals surface area contributed by atoms with Crippen molar-refractivity contribution in [2.24, 2.45) is 0 Å². The first-order chi connectivity index (χ1) is 12.0. The highest BCUT2D eigenvalue weighted by molar-refractivity contribution is 6.62. The highest BCUT2D eigenvalue weighted by atomic mass is 28.4. The summed E-state index contributed by atoms with van der Waals surface area (Å²) in [5, 5.41) is 0. The van der Waals surface area contributed by atoms with Crippen LogP contribution in [-0.4, -0.2) is 41.2 Å². The van der Waals surface area contributed by atoms with Gasteiger partial charge in [0.2, 0.25) is 0 Å². The molecule has 0 unspecified atom stereocenters. The van der Waals surface area contributed by atoms with Crippen molar-refractivity contribution in [2.75, 3.05) is 26.4 Å². The van der Waals surface area contributed by atoms with E-state index in [0.717, 1.165) is 44.9 Å². The van der Waals surface area contributed by atoms with Crippen molar-refractivity contribution in [3.8, 4) is 0 Å². The maximum atomic E-state index is 12.1. The second kappa shape index (κ2) is 15.6. The number of carbonyl (C=O) groups is 1. The number of hydrogen-bond acceptors (Lipinski definition) is 5. The third-order valence-electron chi connectivity index (χ3n) is 3.62. The number of rotatable bonds is 17. The molecular formula is C19H38O5Si. The van der Waals surface area contributed by atoms with Gasteiger partial charge in [0.25, 0.3) is 0 Å². The summed E-state index contributed by atoms with van der Waals surface area (Å²) in [5.41, 5.74) is 0.379. The Kier molecular flexibility index (Phi) is 15.1. The smallest absolute Gasteiger partial charge is 0.462 e. The van der Waals surface area contributed by atoms with E-state index >= 15 is 0 Å². The molecule has 0 saturated carbocycles. The lowest BCUT2D eigenvalue weighted by atomic mass is 10.3. The zero-order chi connectivity index (χ0) is 19.0. The normalized spacial score (nSPS) is 11.5. The molecule has 0 N–H and O–H groups in total. The summed E-state index contributed by atoms with van der Waals surface area (Å²) in [4.78, 5) is 12.1. The molecule has 0 spiro atoms. The molecule has 25 heavy (non-hydrogen) atoms. The van der Waals surface area contributed by atoms with Crippen molar-refractivity contribution in [3.05, 3.63) is 12.2 Å². The molecule has 0 heterocycles. The fraction of sp³-hybridized carbons (Fsp3) is 0.842. The van der Waals surface area contributed by atoms with Crippen LogP contribution in [0.25, 0.3) is 0 Å². The number of unbranched alkanes of at least 4 members (excludes halogenated alkanes) is 3. The Hall–Kier alpha value is -0.693. The van der Waals surface area contributed by atoms with Crippen LogP contribution in [0.1, 0.15) is 72.6 Å². The predicted molar refractivity (Wildman–Crippen MR) is 104 cm³/mol. The van der Waals surface area contributed by atoms with Crippen molar-refractivity contribution < 1.29 is 22.8 Å².